The summed E-state index contributed by atoms with van der Waals surface area (Å²) in [4.78, 5) is 25.5. The zero-order valence-electron chi connectivity index (χ0n) is 19.9. The van der Waals surface area contributed by atoms with Gasteiger partial charge in [0.05, 0.1) is 13.0 Å². The van der Waals surface area contributed by atoms with Gasteiger partial charge in [0.1, 0.15) is 0 Å². The number of carbonyl (C=O) groups is 2. The van der Waals surface area contributed by atoms with E-state index in [1.54, 1.807) is 7.11 Å². The Bertz CT molecular complexity index is 915. The smallest absolute Gasteiger partial charge is 0.315 e. The van der Waals surface area contributed by atoms with Crippen LogP contribution in [-0.4, -0.2) is 25.0 Å². The molecule has 3 saturated carbocycles. The summed E-state index contributed by atoms with van der Waals surface area (Å²) in [5.74, 6) is 3.51. The van der Waals surface area contributed by atoms with Crippen molar-refractivity contribution in [1.82, 2.24) is 5.32 Å². The first kappa shape index (κ1) is 21.8. The monoisotopic (exact) mass is 439 g/mol. The van der Waals surface area contributed by atoms with Crippen LogP contribution in [0.25, 0.3) is 0 Å². The molecule has 0 radical (unpaired) electrons. The third kappa shape index (κ3) is 3.18. The zero-order valence-corrected chi connectivity index (χ0v) is 19.9. The van der Waals surface area contributed by atoms with Crippen molar-refractivity contribution < 1.29 is 19.1 Å². The molecule has 4 aliphatic rings. The van der Waals surface area contributed by atoms with Gasteiger partial charge in [-0.15, -0.1) is 0 Å². The van der Waals surface area contributed by atoms with Crippen molar-refractivity contribution in [3.8, 4) is 11.5 Å². The molecule has 174 valence electrons. The van der Waals surface area contributed by atoms with Crippen molar-refractivity contribution in [3.05, 3.63) is 24.3 Å². The molecule has 8 atom stereocenters. The predicted molar refractivity (Wildman–Crippen MR) is 122 cm³/mol. The van der Waals surface area contributed by atoms with Crippen LogP contribution in [0, 0.1) is 40.4 Å². The lowest BCUT2D eigenvalue weighted by atomic mass is 9.45. The van der Waals surface area contributed by atoms with Gasteiger partial charge in [-0.1, -0.05) is 32.9 Å². The molecule has 0 bridgehead atoms. The molecule has 5 rings (SSSR count). The lowest BCUT2D eigenvalue weighted by Crippen LogP contribution is -2.63. The molecule has 1 N–H and O–H groups in total. The van der Waals surface area contributed by atoms with Gasteiger partial charge in [-0.05, 0) is 85.2 Å². The number of methoxy groups -OCH3 is 1. The normalized spacial score (nSPS) is 42.8. The molecule has 1 amide bonds. The number of amides is 1. The van der Waals surface area contributed by atoms with Gasteiger partial charge in [-0.2, -0.15) is 0 Å². The van der Waals surface area contributed by atoms with E-state index in [9.17, 15) is 9.59 Å². The number of hydrogen-bond donors (Lipinski definition) is 1. The highest BCUT2D eigenvalue weighted by atomic mass is 16.6. The Balaban J connectivity index is 1.38. The average molecular weight is 440 g/mol. The first-order chi connectivity index (χ1) is 15.3. The van der Waals surface area contributed by atoms with Crippen LogP contribution in [0.2, 0.25) is 0 Å². The largest absolute Gasteiger partial charge is 0.493 e. The van der Waals surface area contributed by atoms with E-state index in [4.69, 9.17) is 9.47 Å². The first-order valence-corrected chi connectivity index (χ1v) is 12.4. The van der Waals surface area contributed by atoms with E-state index in [0.29, 0.717) is 47.6 Å². The molecular weight excluding hydrogens is 402 g/mol. The summed E-state index contributed by atoms with van der Waals surface area (Å²) in [7, 11) is 1.60. The van der Waals surface area contributed by atoms with E-state index in [1.807, 2.05) is 24.3 Å². The topological polar surface area (TPSA) is 64.6 Å². The van der Waals surface area contributed by atoms with Crippen molar-refractivity contribution in [1.29, 1.82) is 0 Å². The van der Waals surface area contributed by atoms with Crippen molar-refractivity contribution in [2.24, 2.45) is 40.4 Å². The quantitative estimate of drug-likeness (QED) is 0.533. The van der Waals surface area contributed by atoms with Gasteiger partial charge in [0, 0.05) is 12.5 Å². The predicted octanol–water partition coefficient (Wildman–Crippen LogP) is 4.98. The first-order valence-electron chi connectivity index (χ1n) is 12.4. The van der Waals surface area contributed by atoms with Crippen LogP contribution in [0.5, 0.6) is 11.5 Å². The minimum atomic E-state index is -0.101. The highest BCUT2D eigenvalue weighted by Gasteiger charge is 2.63. The standard InChI is InChI=1S/C27H37NO4/c1-16-15-22-27(3,14-12-23(29)28-22)18-11-13-26(2)17(24(16)18)9-10-19(26)25(30)32-21-8-6-5-7-20(21)31-4/h5-8,16-19,22,24H,9-15H2,1-4H3,(H,28,29)/t16?,17-,18-,19+,22+,24-,26-,27+/m0/s1. The van der Waals surface area contributed by atoms with Crippen molar-refractivity contribution in [2.45, 2.75) is 71.8 Å². The third-order valence-corrected chi connectivity index (χ3v) is 10.0. The Labute approximate surface area is 191 Å². The molecule has 1 heterocycles. The van der Waals surface area contributed by atoms with Crippen molar-refractivity contribution in [2.75, 3.05) is 7.11 Å². The van der Waals surface area contributed by atoms with Crippen LogP contribution in [0.15, 0.2) is 24.3 Å². The van der Waals surface area contributed by atoms with E-state index in [0.717, 1.165) is 38.5 Å². The van der Waals surface area contributed by atoms with Gasteiger partial charge in [0.15, 0.2) is 11.5 Å². The Hall–Kier alpha value is -2.04. The van der Waals surface area contributed by atoms with E-state index in [2.05, 4.69) is 26.1 Å². The van der Waals surface area contributed by atoms with E-state index in [1.165, 1.54) is 0 Å². The van der Waals surface area contributed by atoms with Crippen LogP contribution in [-0.2, 0) is 9.59 Å². The maximum Gasteiger partial charge on any atom is 0.315 e. The summed E-state index contributed by atoms with van der Waals surface area (Å²) in [6, 6.07) is 7.70. The molecule has 4 fully saturated rings. The molecule has 3 aliphatic carbocycles. The van der Waals surface area contributed by atoms with E-state index in [-0.39, 0.29) is 28.6 Å². The Morgan fingerprint density at radius 3 is 2.50 bits per heavy atom. The number of hydrogen-bond acceptors (Lipinski definition) is 4. The number of carbonyl (C=O) groups excluding carboxylic acids is 2. The minimum absolute atomic E-state index is 0.0182. The number of para-hydroxylation sites is 2. The summed E-state index contributed by atoms with van der Waals surface area (Å²) < 4.78 is 11.3. The van der Waals surface area contributed by atoms with Crippen molar-refractivity contribution >= 4 is 11.9 Å². The lowest BCUT2D eigenvalue weighted by Gasteiger charge is -2.62. The molecule has 5 heteroatoms. The maximum atomic E-state index is 13.4. The summed E-state index contributed by atoms with van der Waals surface area (Å²) >= 11 is 0. The minimum Gasteiger partial charge on any atom is -0.493 e. The molecule has 5 nitrogen and oxygen atoms in total. The molecular formula is C27H37NO4. The molecule has 1 aliphatic heterocycles. The average Bonchev–Trinajstić information content (AvgIpc) is 3.12. The second-order valence-corrected chi connectivity index (χ2v) is 11.4. The number of ether oxygens (including phenoxy) is 2. The molecule has 32 heavy (non-hydrogen) atoms. The fourth-order valence-corrected chi connectivity index (χ4v) is 8.32. The van der Waals surface area contributed by atoms with Crippen LogP contribution < -0.4 is 14.8 Å². The van der Waals surface area contributed by atoms with Gasteiger partial charge in [-0.3, -0.25) is 9.59 Å². The Morgan fingerprint density at radius 1 is 1.03 bits per heavy atom. The number of fused-ring (bicyclic) bond motifs is 5. The van der Waals surface area contributed by atoms with Gasteiger partial charge in [0.25, 0.3) is 0 Å². The van der Waals surface area contributed by atoms with Crippen LogP contribution in [0.3, 0.4) is 0 Å². The summed E-state index contributed by atoms with van der Waals surface area (Å²) in [6.45, 7) is 7.15. The lowest BCUT2D eigenvalue weighted by molar-refractivity contribution is -0.154. The fourth-order valence-electron chi connectivity index (χ4n) is 8.32. The van der Waals surface area contributed by atoms with Gasteiger partial charge in [0.2, 0.25) is 5.91 Å². The highest BCUT2D eigenvalue weighted by Crippen LogP contribution is 2.66. The molecule has 1 aromatic rings. The Morgan fingerprint density at radius 2 is 1.75 bits per heavy atom. The van der Waals surface area contributed by atoms with Gasteiger partial charge >= 0.3 is 5.97 Å². The van der Waals surface area contributed by atoms with Gasteiger partial charge < -0.3 is 14.8 Å². The zero-order chi connectivity index (χ0) is 22.7. The maximum absolute atomic E-state index is 13.4. The summed E-state index contributed by atoms with van der Waals surface area (Å²) in [5.41, 5.74) is 0.165. The molecule has 0 spiro atoms. The number of benzene rings is 1. The number of esters is 1. The SMILES string of the molecule is COc1ccccc1OC(=O)[C@H]1CC[C@H]2[C@@H]3C(C)C[C@H]4NC(=O)CC[C@]4(C)[C@H]3CC[C@]12C. The fraction of sp³-hybridized carbons (Fsp3) is 0.704. The molecule has 0 aromatic heterocycles. The number of rotatable bonds is 3. The summed E-state index contributed by atoms with van der Waals surface area (Å²) in [6.07, 6.45) is 6.92. The molecule has 1 aromatic carbocycles. The summed E-state index contributed by atoms with van der Waals surface area (Å²) in [5, 5.41) is 3.33. The Kier molecular flexibility index (Phi) is 5.29. The molecule has 1 unspecified atom stereocenters. The van der Waals surface area contributed by atoms with Crippen LogP contribution in [0.4, 0.5) is 0 Å². The third-order valence-electron chi connectivity index (χ3n) is 10.0. The van der Waals surface area contributed by atoms with Crippen LogP contribution >= 0.6 is 0 Å². The highest BCUT2D eigenvalue weighted by molar-refractivity contribution is 5.78. The van der Waals surface area contributed by atoms with Crippen LogP contribution in [0.1, 0.15) is 65.7 Å². The van der Waals surface area contributed by atoms with E-state index >= 15 is 0 Å². The van der Waals surface area contributed by atoms with E-state index < -0.39 is 0 Å². The molecule has 1 saturated heterocycles. The van der Waals surface area contributed by atoms with Crippen molar-refractivity contribution in [3.63, 3.8) is 0 Å². The second kappa shape index (κ2) is 7.78. The number of nitrogens with one attached hydrogen (secondary N) is 1. The van der Waals surface area contributed by atoms with Gasteiger partial charge in [-0.25, -0.2) is 0 Å². The number of piperidine rings is 1. The second-order valence-electron chi connectivity index (χ2n) is 11.4.